The predicted molar refractivity (Wildman–Crippen MR) is 89.3 cm³/mol. The number of halogens is 3. The van der Waals surface area contributed by atoms with Gasteiger partial charge in [0, 0.05) is 6.20 Å². The molecule has 0 radical (unpaired) electrons. The molecule has 0 saturated heterocycles. The highest BCUT2D eigenvalue weighted by Gasteiger charge is 2.32. The number of aryl methyl sites for hydroxylation is 1. The molecule has 23 heavy (non-hydrogen) atoms. The fourth-order valence-electron chi connectivity index (χ4n) is 1.58. The molecular weight excluding hydrogens is 303 g/mol. The molecule has 0 amide bonds. The van der Waals surface area contributed by atoms with E-state index in [2.05, 4.69) is 10.3 Å². The second-order valence-corrected chi connectivity index (χ2v) is 3.71. The Bertz CT molecular complexity index is 520. The molecule has 0 saturated carbocycles. The van der Waals surface area contributed by atoms with Crippen LogP contribution in [0.25, 0.3) is 0 Å². The number of alkyl halides is 3. The summed E-state index contributed by atoms with van der Waals surface area (Å²) < 4.78 is 39.5. The third-order valence-corrected chi connectivity index (χ3v) is 2.31. The summed E-state index contributed by atoms with van der Waals surface area (Å²) in [5.74, 6) is 0. The molecule has 2 aromatic rings. The first-order valence-electron chi connectivity index (χ1n) is 7.98. The maximum Gasteiger partial charge on any atom is 0.416 e. The Morgan fingerprint density at radius 3 is 1.91 bits per heavy atom. The molecule has 0 unspecified atom stereocenters. The molecule has 1 aromatic carbocycles. The highest BCUT2D eigenvalue weighted by molar-refractivity contribution is 5.29. The number of hydrogen-bond acceptors (Lipinski definition) is 2. The van der Waals surface area contributed by atoms with E-state index in [-0.39, 0.29) is 12.1 Å². The summed E-state index contributed by atoms with van der Waals surface area (Å²) in [7, 11) is 0. The van der Waals surface area contributed by atoms with E-state index in [0.717, 1.165) is 6.07 Å². The quantitative estimate of drug-likeness (QED) is 0.703. The average molecular weight is 331 g/mol. The zero-order valence-corrected chi connectivity index (χ0v) is 15.1. The number of aromatic nitrogens is 3. The Labute approximate surface area is 137 Å². The van der Waals surface area contributed by atoms with Crippen LogP contribution in [0.15, 0.2) is 30.5 Å². The normalized spacial score (nSPS) is 9.48. The van der Waals surface area contributed by atoms with Crippen molar-refractivity contribution in [1.82, 2.24) is 15.0 Å². The summed E-state index contributed by atoms with van der Waals surface area (Å²) in [6, 6.07) is 5.46. The van der Waals surface area contributed by atoms with Crippen LogP contribution in [-0.2, 0) is 12.7 Å². The first-order chi connectivity index (χ1) is 11.0. The number of nitrogens with zero attached hydrogens (tertiary/aromatic N) is 3. The van der Waals surface area contributed by atoms with Crippen molar-refractivity contribution in [2.24, 2.45) is 0 Å². The summed E-state index contributed by atoms with van der Waals surface area (Å²) in [6.07, 6.45) is -2.74. The summed E-state index contributed by atoms with van der Waals surface area (Å²) in [4.78, 5) is 0. The lowest BCUT2D eigenvalue weighted by Crippen LogP contribution is -2.11. The molecule has 1 heterocycles. The van der Waals surface area contributed by atoms with Crippen LogP contribution in [0.5, 0.6) is 0 Å². The van der Waals surface area contributed by atoms with Gasteiger partial charge >= 0.3 is 6.18 Å². The van der Waals surface area contributed by atoms with Gasteiger partial charge in [0.05, 0.1) is 17.8 Å². The topological polar surface area (TPSA) is 30.7 Å². The smallest absolute Gasteiger partial charge is 0.248 e. The van der Waals surface area contributed by atoms with Crippen molar-refractivity contribution in [2.75, 3.05) is 0 Å². The van der Waals surface area contributed by atoms with Gasteiger partial charge in [0.2, 0.25) is 0 Å². The van der Waals surface area contributed by atoms with Crippen LogP contribution < -0.4 is 0 Å². The Balaban J connectivity index is 0. The van der Waals surface area contributed by atoms with Crippen LogP contribution in [0, 0.1) is 6.92 Å². The van der Waals surface area contributed by atoms with Crippen molar-refractivity contribution < 1.29 is 13.2 Å². The average Bonchev–Trinajstić information content (AvgIpc) is 2.98. The maximum atomic E-state index is 12.7. The minimum absolute atomic E-state index is 0.0660. The van der Waals surface area contributed by atoms with E-state index in [9.17, 15) is 13.2 Å². The van der Waals surface area contributed by atoms with Crippen LogP contribution in [0.2, 0.25) is 0 Å². The summed E-state index contributed by atoms with van der Waals surface area (Å²) in [6.45, 7) is 13.8. The van der Waals surface area contributed by atoms with Crippen LogP contribution >= 0.6 is 0 Å². The van der Waals surface area contributed by atoms with Gasteiger partial charge in [-0.2, -0.15) is 13.2 Å². The van der Waals surface area contributed by atoms with E-state index in [4.69, 9.17) is 0 Å². The molecule has 0 atom stereocenters. The zero-order chi connectivity index (χ0) is 18.5. The Morgan fingerprint density at radius 2 is 1.48 bits per heavy atom. The van der Waals surface area contributed by atoms with E-state index in [1.807, 2.05) is 41.5 Å². The van der Waals surface area contributed by atoms with Crippen LogP contribution in [0.3, 0.4) is 0 Å². The monoisotopic (exact) mass is 331 g/mol. The third kappa shape index (κ3) is 8.38. The minimum Gasteiger partial charge on any atom is -0.248 e. The Morgan fingerprint density at radius 1 is 0.957 bits per heavy atom. The van der Waals surface area contributed by atoms with E-state index in [0.29, 0.717) is 5.69 Å². The molecule has 0 aliphatic heterocycles. The minimum atomic E-state index is -4.34. The molecule has 0 N–H and O–H groups in total. The molecule has 0 aliphatic rings. The second-order valence-electron chi connectivity index (χ2n) is 3.71. The second kappa shape index (κ2) is 12.7. The van der Waals surface area contributed by atoms with Crippen molar-refractivity contribution in [3.63, 3.8) is 0 Å². The van der Waals surface area contributed by atoms with E-state index in [1.54, 1.807) is 19.2 Å². The van der Waals surface area contributed by atoms with E-state index in [1.165, 1.54) is 16.8 Å². The van der Waals surface area contributed by atoms with Crippen molar-refractivity contribution >= 4 is 0 Å². The maximum absolute atomic E-state index is 12.7. The largest absolute Gasteiger partial charge is 0.416 e. The van der Waals surface area contributed by atoms with Crippen molar-refractivity contribution in [3.8, 4) is 0 Å². The Kier molecular flexibility index (Phi) is 12.9. The lowest BCUT2D eigenvalue weighted by Gasteiger charge is -2.12. The molecule has 0 fully saturated rings. The van der Waals surface area contributed by atoms with E-state index < -0.39 is 11.7 Å². The molecule has 6 heteroatoms. The van der Waals surface area contributed by atoms with Crippen molar-refractivity contribution in [3.05, 3.63) is 47.3 Å². The molecule has 0 bridgehead atoms. The van der Waals surface area contributed by atoms with Gasteiger partial charge in [-0.3, -0.25) is 0 Å². The van der Waals surface area contributed by atoms with Gasteiger partial charge in [-0.15, -0.1) is 5.10 Å². The van der Waals surface area contributed by atoms with Gasteiger partial charge < -0.3 is 0 Å². The van der Waals surface area contributed by atoms with Gasteiger partial charge in [-0.1, -0.05) is 65.0 Å². The van der Waals surface area contributed by atoms with Crippen LogP contribution in [0.4, 0.5) is 13.2 Å². The Hall–Kier alpha value is -1.85. The lowest BCUT2D eigenvalue weighted by molar-refractivity contribution is -0.138. The SMILES string of the molecule is CC.CC.CC.Cc1cn(Cc2ccccc2C(F)(F)F)nn1. The zero-order valence-electron chi connectivity index (χ0n) is 15.1. The van der Waals surface area contributed by atoms with Gasteiger partial charge in [-0.05, 0) is 18.6 Å². The van der Waals surface area contributed by atoms with Crippen molar-refractivity contribution in [2.45, 2.75) is 61.2 Å². The summed E-state index contributed by atoms with van der Waals surface area (Å²) in [5, 5.41) is 7.47. The predicted octanol–water partition coefficient (Wildman–Crippen LogP) is 5.73. The highest BCUT2D eigenvalue weighted by atomic mass is 19.4. The lowest BCUT2D eigenvalue weighted by atomic mass is 10.1. The fraction of sp³-hybridized carbons (Fsp3) is 0.529. The summed E-state index contributed by atoms with van der Waals surface area (Å²) >= 11 is 0. The van der Waals surface area contributed by atoms with E-state index >= 15 is 0 Å². The van der Waals surface area contributed by atoms with Crippen molar-refractivity contribution in [1.29, 1.82) is 0 Å². The molecule has 132 valence electrons. The molecular formula is C17H28F3N3. The molecule has 2 rings (SSSR count). The number of benzene rings is 1. The van der Waals surface area contributed by atoms with Gasteiger partial charge in [0.25, 0.3) is 0 Å². The molecule has 0 aliphatic carbocycles. The molecule has 3 nitrogen and oxygen atoms in total. The van der Waals surface area contributed by atoms with Crippen LogP contribution in [-0.4, -0.2) is 15.0 Å². The molecule has 1 aromatic heterocycles. The highest BCUT2D eigenvalue weighted by Crippen LogP contribution is 2.32. The first kappa shape index (κ1) is 23.4. The number of hydrogen-bond donors (Lipinski definition) is 0. The first-order valence-corrected chi connectivity index (χ1v) is 7.98. The van der Waals surface area contributed by atoms with Gasteiger partial charge in [-0.25, -0.2) is 4.68 Å². The summed E-state index contributed by atoms with van der Waals surface area (Å²) in [5.41, 5.74) is 0.229. The van der Waals surface area contributed by atoms with Gasteiger partial charge in [0.15, 0.2) is 0 Å². The van der Waals surface area contributed by atoms with Crippen LogP contribution in [0.1, 0.15) is 58.4 Å². The van der Waals surface area contributed by atoms with Gasteiger partial charge in [0.1, 0.15) is 0 Å². The number of rotatable bonds is 2. The molecule has 0 spiro atoms. The fourth-order valence-corrected chi connectivity index (χ4v) is 1.58. The third-order valence-electron chi connectivity index (χ3n) is 2.31. The standard InChI is InChI=1S/C11H10F3N3.3C2H6/c1-8-6-17(16-15-8)7-9-4-2-3-5-10(9)11(12,13)14;3*1-2/h2-6H,7H2,1H3;3*1-2H3.